The fourth-order valence-corrected chi connectivity index (χ4v) is 2.78. The number of pyridine rings is 1. The standard InChI is InChI=1S/C16H23N3O3/c1-18(2)15(20)9-8-12-5-4-10-19(11-12)14-7-3-6-13(17-14)16(21)22/h3,6-7,12H,4-5,8-11H2,1-2H3,(H,21,22). The number of amides is 1. The molecule has 1 fully saturated rings. The van der Waals surface area contributed by atoms with Gasteiger partial charge in [-0.15, -0.1) is 0 Å². The number of hydrogen-bond donors (Lipinski definition) is 1. The van der Waals surface area contributed by atoms with Crippen molar-refractivity contribution in [2.45, 2.75) is 25.7 Å². The van der Waals surface area contributed by atoms with Crippen molar-refractivity contribution in [3.8, 4) is 0 Å². The van der Waals surface area contributed by atoms with E-state index in [4.69, 9.17) is 5.11 Å². The molecule has 6 heteroatoms. The summed E-state index contributed by atoms with van der Waals surface area (Å²) in [6.07, 6.45) is 3.58. The summed E-state index contributed by atoms with van der Waals surface area (Å²) in [5, 5.41) is 9.03. The van der Waals surface area contributed by atoms with E-state index in [1.165, 1.54) is 6.07 Å². The lowest BCUT2D eigenvalue weighted by Crippen LogP contribution is -2.36. The van der Waals surface area contributed by atoms with E-state index in [9.17, 15) is 9.59 Å². The molecule has 1 amide bonds. The van der Waals surface area contributed by atoms with Gasteiger partial charge in [0.1, 0.15) is 5.82 Å². The van der Waals surface area contributed by atoms with E-state index in [-0.39, 0.29) is 11.6 Å². The largest absolute Gasteiger partial charge is 0.477 e. The number of carbonyl (C=O) groups excluding carboxylic acids is 1. The van der Waals surface area contributed by atoms with Crippen LogP contribution in [-0.2, 0) is 4.79 Å². The maximum Gasteiger partial charge on any atom is 0.354 e. The third-order valence-corrected chi connectivity index (χ3v) is 4.06. The lowest BCUT2D eigenvalue weighted by atomic mass is 9.93. The Bertz CT molecular complexity index is 545. The number of carboxylic acids is 1. The van der Waals surface area contributed by atoms with Gasteiger partial charge in [-0.05, 0) is 37.3 Å². The number of carboxylic acid groups (broad SMARTS) is 1. The van der Waals surface area contributed by atoms with E-state index < -0.39 is 5.97 Å². The highest BCUT2D eigenvalue weighted by atomic mass is 16.4. The van der Waals surface area contributed by atoms with Crippen molar-refractivity contribution >= 4 is 17.7 Å². The van der Waals surface area contributed by atoms with Gasteiger partial charge in [-0.1, -0.05) is 6.07 Å². The van der Waals surface area contributed by atoms with Gasteiger partial charge in [0.25, 0.3) is 0 Å². The third kappa shape index (κ3) is 4.19. The molecule has 1 saturated heterocycles. The van der Waals surface area contributed by atoms with E-state index in [2.05, 4.69) is 9.88 Å². The van der Waals surface area contributed by atoms with Crippen molar-refractivity contribution in [1.29, 1.82) is 0 Å². The van der Waals surface area contributed by atoms with E-state index in [1.54, 1.807) is 25.1 Å². The minimum Gasteiger partial charge on any atom is -0.477 e. The first kappa shape index (κ1) is 16.3. The average molecular weight is 305 g/mol. The number of rotatable bonds is 5. The van der Waals surface area contributed by atoms with Crippen LogP contribution in [0.15, 0.2) is 18.2 Å². The van der Waals surface area contributed by atoms with Crippen LogP contribution in [0.4, 0.5) is 5.82 Å². The average Bonchev–Trinajstić information content (AvgIpc) is 2.52. The molecular formula is C16H23N3O3. The molecule has 0 radical (unpaired) electrons. The lowest BCUT2D eigenvalue weighted by molar-refractivity contribution is -0.129. The third-order valence-electron chi connectivity index (χ3n) is 4.06. The normalized spacial score (nSPS) is 18.1. The van der Waals surface area contributed by atoms with Crippen LogP contribution in [-0.4, -0.2) is 54.1 Å². The first-order valence-corrected chi connectivity index (χ1v) is 7.63. The number of carbonyl (C=O) groups is 2. The molecular weight excluding hydrogens is 282 g/mol. The summed E-state index contributed by atoms with van der Waals surface area (Å²) < 4.78 is 0. The minimum atomic E-state index is -1.01. The summed E-state index contributed by atoms with van der Waals surface area (Å²) in [7, 11) is 3.55. The smallest absolute Gasteiger partial charge is 0.354 e. The molecule has 1 aromatic heterocycles. The Morgan fingerprint density at radius 1 is 1.41 bits per heavy atom. The minimum absolute atomic E-state index is 0.0717. The van der Waals surface area contributed by atoms with Gasteiger partial charge in [0.2, 0.25) is 5.91 Å². The van der Waals surface area contributed by atoms with Gasteiger partial charge in [0, 0.05) is 33.6 Å². The van der Waals surface area contributed by atoms with Crippen molar-refractivity contribution in [2.75, 3.05) is 32.1 Å². The maximum absolute atomic E-state index is 11.7. The molecule has 0 aromatic carbocycles. The zero-order valence-corrected chi connectivity index (χ0v) is 13.2. The summed E-state index contributed by atoms with van der Waals surface area (Å²) in [4.78, 5) is 30.7. The monoisotopic (exact) mass is 305 g/mol. The van der Waals surface area contributed by atoms with E-state index >= 15 is 0 Å². The summed E-state index contributed by atoms with van der Waals surface area (Å²) in [5.41, 5.74) is 0.0717. The summed E-state index contributed by atoms with van der Waals surface area (Å²) >= 11 is 0. The molecule has 22 heavy (non-hydrogen) atoms. The van der Waals surface area contributed by atoms with Crippen molar-refractivity contribution in [3.05, 3.63) is 23.9 Å². The van der Waals surface area contributed by atoms with Crippen LogP contribution in [0.1, 0.15) is 36.2 Å². The van der Waals surface area contributed by atoms with Gasteiger partial charge < -0.3 is 14.9 Å². The van der Waals surface area contributed by atoms with Crippen LogP contribution in [0.25, 0.3) is 0 Å². The Morgan fingerprint density at radius 2 is 2.18 bits per heavy atom. The highest BCUT2D eigenvalue weighted by Crippen LogP contribution is 2.25. The number of hydrogen-bond acceptors (Lipinski definition) is 4. The van der Waals surface area contributed by atoms with Crippen LogP contribution in [0.5, 0.6) is 0 Å². The molecule has 0 spiro atoms. The molecule has 1 aliphatic rings. The van der Waals surface area contributed by atoms with Gasteiger partial charge in [-0.3, -0.25) is 4.79 Å². The van der Waals surface area contributed by atoms with Gasteiger partial charge in [0.05, 0.1) is 0 Å². The van der Waals surface area contributed by atoms with Crippen molar-refractivity contribution < 1.29 is 14.7 Å². The molecule has 0 aliphatic carbocycles. The number of nitrogens with zero attached hydrogens (tertiary/aromatic N) is 3. The first-order chi connectivity index (χ1) is 10.5. The summed E-state index contributed by atoms with van der Waals surface area (Å²) in [5.74, 6) is 0.312. The molecule has 1 N–H and O–H groups in total. The number of piperidine rings is 1. The second-order valence-electron chi connectivity index (χ2n) is 5.97. The number of anilines is 1. The van der Waals surface area contributed by atoms with Crippen molar-refractivity contribution in [1.82, 2.24) is 9.88 Å². The molecule has 1 aliphatic heterocycles. The molecule has 0 saturated carbocycles. The molecule has 120 valence electrons. The van der Waals surface area contributed by atoms with Gasteiger partial charge in [-0.25, -0.2) is 9.78 Å². The first-order valence-electron chi connectivity index (χ1n) is 7.63. The molecule has 1 aromatic rings. The molecule has 1 unspecified atom stereocenters. The highest BCUT2D eigenvalue weighted by Gasteiger charge is 2.22. The van der Waals surface area contributed by atoms with Crippen LogP contribution in [0.3, 0.4) is 0 Å². The Hall–Kier alpha value is -2.11. The van der Waals surface area contributed by atoms with E-state index in [0.717, 1.165) is 32.4 Å². The second-order valence-corrected chi connectivity index (χ2v) is 5.97. The SMILES string of the molecule is CN(C)C(=O)CCC1CCCN(c2cccc(C(=O)O)n2)C1. The molecule has 2 heterocycles. The zero-order chi connectivity index (χ0) is 16.1. The van der Waals surface area contributed by atoms with Crippen molar-refractivity contribution in [2.24, 2.45) is 5.92 Å². The van der Waals surface area contributed by atoms with Gasteiger partial charge >= 0.3 is 5.97 Å². The van der Waals surface area contributed by atoms with Gasteiger partial charge in [0.15, 0.2) is 5.69 Å². The van der Waals surface area contributed by atoms with Gasteiger partial charge in [-0.2, -0.15) is 0 Å². The predicted molar refractivity (Wildman–Crippen MR) is 84.1 cm³/mol. The number of aromatic nitrogens is 1. The molecule has 0 bridgehead atoms. The Morgan fingerprint density at radius 3 is 2.86 bits per heavy atom. The fraction of sp³-hybridized carbons (Fsp3) is 0.562. The van der Waals surface area contributed by atoms with Crippen LogP contribution < -0.4 is 4.90 Å². The summed E-state index contributed by atoms with van der Waals surface area (Å²) in [6, 6.07) is 5.08. The topological polar surface area (TPSA) is 73.7 Å². The maximum atomic E-state index is 11.7. The van der Waals surface area contributed by atoms with Crippen LogP contribution in [0, 0.1) is 5.92 Å². The fourth-order valence-electron chi connectivity index (χ4n) is 2.78. The van der Waals surface area contributed by atoms with Crippen LogP contribution >= 0.6 is 0 Å². The Balaban J connectivity index is 1.97. The highest BCUT2D eigenvalue weighted by molar-refractivity contribution is 5.85. The Kier molecular flexibility index (Phi) is 5.35. The molecule has 1 atom stereocenters. The number of aromatic carboxylic acids is 1. The predicted octanol–water partition coefficient (Wildman–Crippen LogP) is 1.86. The van der Waals surface area contributed by atoms with Crippen LogP contribution in [0.2, 0.25) is 0 Å². The Labute approximate surface area is 130 Å². The second kappa shape index (κ2) is 7.24. The lowest BCUT2D eigenvalue weighted by Gasteiger charge is -2.33. The molecule has 2 rings (SSSR count). The van der Waals surface area contributed by atoms with E-state index in [1.807, 2.05) is 6.07 Å². The van der Waals surface area contributed by atoms with E-state index in [0.29, 0.717) is 18.2 Å². The quantitative estimate of drug-likeness (QED) is 0.899. The zero-order valence-electron chi connectivity index (χ0n) is 13.2. The summed E-state index contributed by atoms with van der Waals surface area (Å²) in [6.45, 7) is 1.71. The van der Waals surface area contributed by atoms with Crippen molar-refractivity contribution in [3.63, 3.8) is 0 Å². The molecule has 6 nitrogen and oxygen atoms in total.